The minimum absolute atomic E-state index is 0.00760. The van der Waals surface area contributed by atoms with Crippen molar-refractivity contribution in [2.75, 3.05) is 0 Å². The Balaban J connectivity index is 2.05. The van der Waals surface area contributed by atoms with Crippen LogP contribution in [0, 0.1) is 0 Å². The minimum atomic E-state index is -0.310. The summed E-state index contributed by atoms with van der Waals surface area (Å²) in [5, 5.41) is 10.1. The normalized spacial score (nSPS) is 17.9. The van der Waals surface area contributed by atoms with Gasteiger partial charge in [-0.05, 0) is 12.5 Å². The van der Waals surface area contributed by atoms with Crippen molar-refractivity contribution in [3.63, 3.8) is 0 Å². The summed E-state index contributed by atoms with van der Waals surface area (Å²) in [4.78, 5) is 12.2. The number of rotatable bonds is 2. The number of ether oxygens (including phenoxy) is 1. The van der Waals surface area contributed by atoms with Gasteiger partial charge in [0.1, 0.15) is 11.9 Å². The molecule has 1 N–H and O–H groups in total. The second-order valence-electron chi connectivity index (χ2n) is 4.40. The lowest BCUT2D eigenvalue weighted by atomic mass is 10.2. The topological polar surface area (TPSA) is 56.4 Å². The molecule has 2 heterocycles. The van der Waals surface area contributed by atoms with Crippen molar-refractivity contribution in [2.24, 2.45) is 0 Å². The molecule has 0 spiro atoms. The first kappa shape index (κ1) is 11.1. The highest BCUT2D eigenvalue weighted by atomic mass is 16.5. The number of hydrogen-bond donors (Lipinski definition) is 1. The maximum atomic E-state index is 12.2. The summed E-state index contributed by atoms with van der Waals surface area (Å²) in [6.45, 7) is 2.45. The molecule has 5 nitrogen and oxygen atoms in total. The zero-order valence-corrected chi connectivity index (χ0v) is 10.0. The monoisotopic (exact) mass is 246 g/mol. The van der Waals surface area contributed by atoms with E-state index < -0.39 is 0 Å². The Morgan fingerprint density at radius 3 is 2.78 bits per heavy atom. The van der Waals surface area contributed by atoms with Crippen molar-refractivity contribution < 1.29 is 9.84 Å². The molecule has 1 aromatic heterocycles. The van der Waals surface area contributed by atoms with Gasteiger partial charge in [0.15, 0.2) is 0 Å². The number of aromatic hydroxyl groups is 1. The van der Waals surface area contributed by atoms with E-state index in [0.29, 0.717) is 12.2 Å². The molecule has 0 saturated heterocycles. The van der Waals surface area contributed by atoms with Gasteiger partial charge < -0.3 is 9.84 Å². The predicted molar refractivity (Wildman–Crippen MR) is 65.4 cm³/mol. The Bertz CT molecular complexity index is 628. The number of nitrogens with zero attached hydrogens (tertiary/aromatic N) is 2. The van der Waals surface area contributed by atoms with Crippen LogP contribution in [0.25, 0.3) is 0 Å². The van der Waals surface area contributed by atoms with E-state index in [1.807, 2.05) is 30.3 Å². The standard InChI is InChI=1S/C13H14N2O3/c1-9-15-11(8-18-9)12(16)14(13(15)17)7-10-5-3-2-4-6-10/h2-6,9,16H,7-8H2,1H3. The van der Waals surface area contributed by atoms with Crippen LogP contribution >= 0.6 is 0 Å². The first-order valence-corrected chi connectivity index (χ1v) is 5.87. The molecule has 5 heteroatoms. The predicted octanol–water partition coefficient (Wildman–Crippen LogP) is 1.45. The van der Waals surface area contributed by atoms with E-state index in [-0.39, 0.29) is 24.4 Å². The molecular weight excluding hydrogens is 232 g/mol. The van der Waals surface area contributed by atoms with Crippen LogP contribution in [-0.4, -0.2) is 14.2 Å². The molecule has 18 heavy (non-hydrogen) atoms. The SMILES string of the molecule is CC1OCc2c(O)n(Cc3ccccc3)c(=O)n21. The van der Waals surface area contributed by atoms with Crippen molar-refractivity contribution in [2.45, 2.75) is 26.3 Å². The Hall–Kier alpha value is -2.01. The summed E-state index contributed by atoms with van der Waals surface area (Å²) >= 11 is 0. The second kappa shape index (κ2) is 4.03. The minimum Gasteiger partial charge on any atom is -0.493 e. The van der Waals surface area contributed by atoms with Crippen molar-refractivity contribution in [1.82, 2.24) is 9.13 Å². The summed E-state index contributed by atoms with van der Waals surface area (Å²) < 4.78 is 8.20. The van der Waals surface area contributed by atoms with Gasteiger partial charge in [-0.15, -0.1) is 0 Å². The molecule has 1 aromatic carbocycles. The van der Waals surface area contributed by atoms with Crippen molar-refractivity contribution in [3.8, 4) is 5.88 Å². The third-order valence-corrected chi connectivity index (χ3v) is 3.25. The summed E-state index contributed by atoms with van der Waals surface area (Å²) in [7, 11) is 0. The number of imidazole rings is 1. The maximum absolute atomic E-state index is 12.2. The maximum Gasteiger partial charge on any atom is 0.333 e. The molecule has 0 saturated carbocycles. The molecule has 1 atom stereocenters. The molecule has 0 bridgehead atoms. The number of fused-ring (bicyclic) bond motifs is 1. The Labute approximate surface area is 104 Å². The van der Waals surface area contributed by atoms with Gasteiger partial charge in [-0.25, -0.2) is 4.79 Å². The summed E-state index contributed by atoms with van der Waals surface area (Å²) in [6.07, 6.45) is -0.310. The van der Waals surface area contributed by atoms with E-state index in [1.165, 1.54) is 9.13 Å². The van der Waals surface area contributed by atoms with E-state index in [9.17, 15) is 9.90 Å². The molecule has 3 rings (SSSR count). The third-order valence-electron chi connectivity index (χ3n) is 3.25. The summed E-state index contributed by atoms with van der Waals surface area (Å²) in [5.74, 6) is 0.00760. The highest BCUT2D eigenvalue weighted by Gasteiger charge is 2.28. The zero-order chi connectivity index (χ0) is 12.7. The Kier molecular flexibility index (Phi) is 2.48. The quantitative estimate of drug-likeness (QED) is 0.872. The zero-order valence-electron chi connectivity index (χ0n) is 10.0. The van der Waals surface area contributed by atoms with Crippen molar-refractivity contribution in [1.29, 1.82) is 0 Å². The lowest BCUT2D eigenvalue weighted by molar-refractivity contribution is 0.0431. The van der Waals surface area contributed by atoms with Gasteiger partial charge in [-0.1, -0.05) is 30.3 Å². The van der Waals surface area contributed by atoms with Crippen molar-refractivity contribution >= 4 is 0 Å². The molecule has 1 aliphatic rings. The average molecular weight is 246 g/mol. The fourth-order valence-corrected chi connectivity index (χ4v) is 2.29. The van der Waals surface area contributed by atoms with E-state index in [4.69, 9.17) is 4.74 Å². The first-order valence-electron chi connectivity index (χ1n) is 5.87. The molecule has 1 aliphatic heterocycles. The van der Waals surface area contributed by atoms with Gasteiger partial charge in [0.2, 0.25) is 5.88 Å². The summed E-state index contributed by atoms with van der Waals surface area (Å²) in [6, 6.07) is 9.59. The second-order valence-corrected chi connectivity index (χ2v) is 4.40. The fourth-order valence-electron chi connectivity index (χ4n) is 2.29. The van der Waals surface area contributed by atoms with Crippen molar-refractivity contribution in [3.05, 3.63) is 52.1 Å². The lowest BCUT2D eigenvalue weighted by Crippen LogP contribution is -2.26. The molecule has 0 radical (unpaired) electrons. The highest BCUT2D eigenvalue weighted by molar-refractivity contribution is 5.24. The van der Waals surface area contributed by atoms with Gasteiger partial charge >= 0.3 is 5.69 Å². The fraction of sp³-hybridized carbons (Fsp3) is 0.308. The molecule has 94 valence electrons. The van der Waals surface area contributed by atoms with Gasteiger partial charge in [-0.2, -0.15) is 0 Å². The van der Waals surface area contributed by atoms with E-state index >= 15 is 0 Å². The van der Waals surface area contributed by atoms with Gasteiger partial charge in [0.25, 0.3) is 0 Å². The van der Waals surface area contributed by atoms with Crippen LogP contribution in [0.2, 0.25) is 0 Å². The first-order chi connectivity index (χ1) is 8.68. The van der Waals surface area contributed by atoms with E-state index in [1.54, 1.807) is 6.92 Å². The van der Waals surface area contributed by atoms with Crippen LogP contribution in [-0.2, 0) is 17.9 Å². The third kappa shape index (κ3) is 1.55. The van der Waals surface area contributed by atoms with Crippen LogP contribution in [0.15, 0.2) is 35.1 Å². The highest BCUT2D eigenvalue weighted by Crippen LogP contribution is 2.28. The molecule has 1 unspecified atom stereocenters. The number of benzene rings is 1. The molecule has 0 amide bonds. The summed E-state index contributed by atoms with van der Waals surface area (Å²) in [5.41, 5.74) is 1.31. The number of hydrogen-bond acceptors (Lipinski definition) is 3. The molecular formula is C13H14N2O3. The Morgan fingerprint density at radius 2 is 2.11 bits per heavy atom. The average Bonchev–Trinajstić information content (AvgIpc) is 2.87. The van der Waals surface area contributed by atoms with Crippen LogP contribution in [0.4, 0.5) is 0 Å². The van der Waals surface area contributed by atoms with Crippen LogP contribution in [0.1, 0.15) is 24.4 Å². The largest absolute Gasteiger partial charge is 0.493 e. The van der Waals surface area contributed by atoms with Crippen LogP contribution in [0.5, 0.6) is 5.88 Å². The van der Waals surface area contributed by atoms with E-state index in [0.717, 1.165) is 5.56 Å². The lowest BCUT2D eigenvalue weighted by Gasteiger charge is -2.06. The van der Waals surface area contributed by atoms with Crippen LogP contribution in [0.3, 0.4) is 0 Å². The van der Waals surface area contributed by atoms with Gasteiger partial charge in [0, 0.05) is 0 Å². The van der Waals surface area contributed by atoms with E-state index in [2.05, 4.69) is 0 Å². The molecule has 0 fully saturated rings. The van der Waals surface area contributed by atoms with Crippen LogP contribution < -0.4 is 5.69 Å². The molecule has 2 aromatic rings. The van der Waals surface area contributed by atoms with Gasteiger partial charge in [-0.3, -0.25) is 9.13 Å². The Morgan fingerprint density at radius 1 is 1.39 bits per heavy atom. The number of aromatic nitrogens is 2. The van der Waals surface area contributed by atoms with Gasteiger partial charge in [0.05, 0.1) is 13.2 Å². The molecule has 0 aliphatic carbocycles. The smallest absolute Gasteiger partial charge is 0.333 e.